The Morgan fingerprint density at radius 3 is 3.11 bits per heavy atom. The highest BCUT2D eigenvalue weighted by molar-refractivity contribution is 5.46. The van der Waals surface area contributed by atoms with Crippen LogP contribution in [0.5, 0.6) is 0 Å². The zero-order chi connectivity index (χ0) is 12.4. The van der Waals surface area contributed by atoms with Gasteiger partial charge in [0.1, 0.15) is 0 Å². The van der Waals surface area contributed by atoms with Crippen molar-refractivity contribution in [1.29, 1.82) is 0 Å². The van der Waals surface area contributed by atoms with Crippen LogP contribution < -0.4 is 5.32 Å². The molecular weight excluding hydrogens is 230 g/mol. The van der Waals surface area contributed by atoms with E-state index in [1.807, 2.05) is 13.0 Å². The maximum atomic E-state index is 5.27. The number of rotatable bonds is 2. The second-order valence-corrected chi connectivity index (χ2v) is 4.75. The van der Waals surface area contributed by atoms with Crippen LogP contribution in [0.15, 0.2) is 10.6 Å². The number of hydrogen-bond acceptors (Lipinski definition) is 5. The molecule has 6 heteroatoms. The first-order chi connectivity index (χ1) is 8.83. The molecule has 2 aromatic rings. The Labute approximate surface area is 105 Å². The molecule has 2 N–H and O–H groups in total. The van der Waals surface area contributed by atoms with E-state index in [0.29, 0.717) is 11.6 Å². The third-order valence-electron chi connectivity index (χ3n) is 3.24. The summed E-state index contributed by atoms with van der Waals surface area (Å²) in [7, 11) is 0. The molecule has 2 aromatic heterocycles. The van der Waals surface area contributed by atoms with Gasteiger partial charge in [-0.05, 0) is 32.4 Å². The van der Waals surface area contributed by atoms with E-state index in [2.05, 4.69) is 25.7 Å². The Morgan fingerprint density at radius 2 is 2.28 bits per heavy atom. The van der Waals surface area contributed by atoms with Gasteiger partial charge in [-0.3, -0.25) is 5.10 Å². The number of aromatic nitrogens is 4. The summed E-state index contributed by atoms with van der Waals surface area (Å²) < 4.78 is 5.27. The van der Waals surface area contributed by atoms with E-state index in [1.165, 1.54) is 19.3 Å². The van der Waals surface area contributed by atoms with Gasteiger partial charge in [0.2, 0.25) is 0 Å². The minimum Gasteiger partial charge on any atom is -0.332 e. The highest BCUT2D eigenvalue weighted by Gasteiger charge is 2.20. The molecule has 0 spiro atoms. The van der Waals surface area contributed by atoms with E-state index >= 15 is 0 Å². The van der Waals surface area contributed by atoms with Gasteiger partial charge in [-0.25, -0.2) is 0 Å². The van der Waals surface area contributed by atoms with Gasteiger partial charge in [0.25, 0.3) is 5.89 Å². The number of H-pyrrole nitrogens is 1. The largest absolute Gasteiger partial charge is 0.332 e. The highest BCUT2D eigenvalue weighted by atomic mass is 16.5. The Hall–Kier alpha value is -1.69. The van der Waals surface area contributed by atoms with Crippen molar-refractivity contribution in [3.05, 3.63) is 17.6 Å². The van der Waals surface area contributed by atoms with Crippen molar-refractivity contribution < 1.29 is 4.52 Å². The lowest BCUT2D eigenvalue weighted by Gasteiger charge is -2.09. The summed E-state index contributed by atoms with van der Waals surface area (Å²) in [4.78, 5) is 4.44. The molecule has 0 amide bonds. The zero-order valence-corrected chi connectivity index (χ0v) is 10.4. The predicted octanol–water partition coefficient (Wildman–Crippen LogP) is 1.97. The quantitative estimate of drug-likeness (QED) is 0.848. The van der Waals surface area contributed by atoms with Crippen LogP contribution in [0.3, 0.4) is 0 Å². The van der Waals surface area contributed by atoms with Gasteiger partial charge < -0.3 is 9.84 Å². The first-order valence-electron chi connectivity index (χ1n) is 6.42. The van der Waals surface area contributed by atoms with Crippen LogP contribution in [-0.2, 0) is 0 Å². The number of aryl methyl sites for hydroxylation is 1. The van der Waals surface area contributed by atoms with Crippen LogP contribution >= 0.6 is 0 Å². The lowest BCUT2D eigenvalue weighted by molar-refractivity contribution is 0.401. The van der Waals surface area contributed by atoms with Gasteiger partial charge in [-0.15, -0.1) is 0 Å². The first kappa shape index (κ1) is 11.4. The molecule has 1 aliphatic rings. The lowest BCUT2D eigenvalue weighted by Crippen LogP contribution is -2.21. The first-order valence-corrected chi connectivity index (χ1v) is 6.42. The average molecular weight is 247 g/mol. The second-order valence-electron chi connectivity index (χ2n) is 4.75. The summed E-state index contributed by atoms with van der Waals surface area (Å²) in [5.74, 6) is 1.23. The molecule has 1 atom stereocenters. The van der Waals surface area contributed by atoms with Crippen LogP contribution in [-0.4, -0.2) is 26.9 Å². The summed E-state index contributed by atoms with van der Waals surface area (Å²) in [6.07, 6.45) is 4.77. The van der Waals surface area contributed by atoms with Crippen LogP contribution in [0.25, 0.3) is 11.6 Å². The van der Waals surface area contributed by atoms with Gasteiger partial charge in [0, 0.05) is 5.69 Å². The molecule has 0 saturated carbocycles. The normalized spacial score (nSPS) is 20.8. The van der Waals surface area contributed by atoms with Crippen molar-refractivity contribution in [3.63, 3.8) is 0 Å². The highest BCUT2D eigenvalue weighted by Crippen LogP contribution is 2.23. The molecule has 0 radical (unpaired) electrons. The van der Waals surface area contributed by atoms with Gasteiger partial charge in [0.15, 0.2) is 11.5 Å². The SMILES string of the molecule is Cc1cc(-c2nc(C3CCCCCN3)no2)n[nH]1. The fourth-order valence-corrected chi connectivity index (χ4v) is 2.26. The molecule has 3 rings (SSSR count). The monoisotopic (exact) mass is 247 g/mol. The number of nitrogens with zero attached hydrogens (tertiary/aromatic N) is 3. The Bertz CT molecular complexity index is 510. The fraction of sp³-hybridized carbons (Fsp3) is 0.583. The fourth-order valence-electron chi connectivity index (χ4n) is 2.26. The molecule has 1 fully saturated rings. The standard InChI is InChI=1S/C12H17N5O/c1-8-7-10(16-15-8)12-14-11(17-18-12)9-5-3-2-4-6-13-9/h7,9,13H,2-6H2,1H3,(H,15,16). The van der Waals surface area contributed by atoms with Gasteiger partial charge >= 0.3 is 0 Å². The van der Waals surface area contributed by atoms with E-state index in [9.17, 15) is 0 Å². The molecule has 0 aliphatic carbocycles. The van der Waals surface area contributed by atoms with Crippen molar-refractivity contribution >= 4 is 0 Å². The van der Waals surface area contributed by atoms with Crippen LogP contribution in [0, 0.1) is 6.92 Å². The number of aromatic amines is 1. The van der Waals surface area contributed by atoms with E-state index in [-0.39, 0.29) is 6.04 Å². The summed E-state index contributed by atoms with van der Waals surface area (Å²) in [6.45, 7) is 2.97. The Morgan fingerprint density at radius 1 is 1.33 bits per heavy atom. The predicted molar refractivity (Wildman–Crippen MR) is 65.8 cm³/mol. The van der Waals surface area contributed by atoms with Gasteiger partial charge in [-0.1, -0.05) is 18.0 Å². The average Bonchev–Trinajstić information content (AvgIpc) is 2.92. The third-order valence-corrected chi connectivity index (χ3v) is 3.24. The van der Waals surface area contributed by atoms with E-state index in [0.717, 1.165) is 24.5 Å². The minimum absolute atomic E-state index is 0.213. The summed E-state index contributed by atoms with van der Waals surface area (Å²) in [6, 6.07) is 2.11. The molecule has 6 nitrogen and oxygen atoms in total. The molecule has 1 unspecified atom stereocenters. The van der Waals surface area contributed by atoms with Crippen LogP contribution in [0.2, 0.25) is 0 Å². The zero-order valence-electron chi connectivity index (χ0n) is 10.4. The molecule has 0 bridgehead atoms. The molecule has 0 aromatic carbocycles. The molecule has 18 heavy (non-hydrogen) atoms. The van der Waals surface area contributed by atoms with Crippen molar-refractivity contribution in [2.24, 2.45) is 0 Å². The van der Waals surface area contributed by atoms with E-state index in [1.54, 1.807) is 0 Å². The molecule has 96 valence electrons. The second kappa shape index (κ2) is 4.89. The van der Waals surface area contributed by atoms with E-state index < -0.39 is 0 Å². The maximum Gasteiger partial charge on any atom is 0.278 e. The third kappa shape index (κ3) is 2.28. The van der Waals surface area contributed by atoms with Crippen LogP contribution in [0.1, 0.15) is 43.2 Å². The Balaban J connectivity index is 1.80. The maximum absolute atomic E-state index is 5.27. The lowest BCUT2D eigenvalue weighted by atomic mass is 10.1. The summed E-state index contributed by atoms with van der Waals surface area (Å²) in [5, 5.41) is 14.5. The number of nitrogens with one attached hydrogen (secondary N) is 2. The van der Waals surface area contributed by atoms with Crippen LogP contribution in [0.4, 0.5) is 0 Å². The summed E-state index contributed by atoms with van der Waals surface area (Å²) in [5.41, 5.74) is 1.69. The summed E-state index contributed by atoms with van der Waals surface area (Å²) >= 11 is 0. The number of hydrogen-bond donors (Lipinski definition) is 2. The molecular formula is C12H17N5O. The van der Waals surface area contributed by atoms with Gasteiger partial charge in [-0.2, -0.15) is 10.1 Å². The van der Waals surface area contributed by atoms with Crippen molar-refractivity contribution in [2.75, 3.05) is 6.54 Å². The van der Waals surface area contributed by atoms with E-state index in [4.69, 9.17) is 4.52 Å². The van der Waals surface area contributed by atoms with Gasteiger partial charge in [0.05, 0.1) is 6.04 Å². The topological polar surface area (TPSA) is 79.6 Å². The molecule has 1 aliphatic heterocycles. The van der Waals surface area contributed by atoms with Crippen molar-refractivity contribution in [1.82, 2.24) is 25.7 Å². The van der Waals surface area contributed by atoms with Crippen molar-refractivity contribution in [2.45, 2.75) is 38.6 Å². The Kier molecular flexibility index (Phi) is 3.10. The smallest absolute Gasteiger partial charge is 0.278 e. The molecule has 1 saturated heterocycles. The minimum atomic E-state index is 0.213. The van der Waals surface area contributed by atoms with Crippen molar-refractivity contribution in [3.8, 4) is 11.6 Å². The molecule has 3 heterocycles.